The standard InChI is InChI=1S/C21H27NO4/c23-17-3-1-13(2-4-17)8-18(20(25)26)22-19(24)12-21-9-14-5-15(10-21)7-16(6-14)11-21/h1-4,14-16,18,23H,5-12H2,(H,22,24)(H,25,26)/t14?,15?,16?,18-,21?/m1/s1. The third-order valence-electron chi connectivity index (χ3n) is 6.71. The first-order chi connectivity index (χ1) is 12.4. The van der Waals surface area contributed by atoms with Crippen molar-refractivity contribution in [2.24, 2.45) is 23.2 Å². The van der Waals surface area contributed by atoms with Crippen LogP contribution in [0.1, 0.15) is 50.5 Å². The second-order valence-electron chi connectivity index (χ2n) is 8.92. The molecule has 26 heavy (non-hydrogen) atoms. The van der Waals surface area contributed by atoms with E-state index in [9.17, 15) is 19.8 Å². The largest absolute Gasteiger partial charge is 0.508 e. The Hall–Kier alpha value is -2.04. The molecule has 1 atom stereocenters. The highest BCUT2D eigenvalue weighted by Crippen LogP contribution is 2.61. The maximum absolute atomic E-state index is 12.7. The summed E-state index contributed by atoms with van der Waals surface area (Å²) >= 11 is 0. The topological polar surface area (TPSA) is 86.6 Å². The zero-order valence-electron chi connectivity index (χ0n) is 15.0. The minimum Gasteiger partial charge on any atom is -0.508 e. The minimum atomic E-state index is -1.02. The van der Waals surface area contributed by atoms with Gasteiger partial charge in [-0.25, -0.2) is 4.79 Å². The van der Waals surface area contributed by atoms with Crippen molar-refractivity contribution in [3.8, 4) is 5.75 Å². The van der Waals surface area contributed by atoms with Crippen molar-refractivity contribution >= 4 is 11.9 Å². The van der Waals surface area contributed by atoms with Crippen LogP contribution in [0.2, 0.25) is 0 Å². The number of phenols is 1. The van der Waals surface area contributed by atoms with E-state index in [1.165, 1.54) is 31.4 Å². The van der Waals surface area contributed by atoms with Crippen LogP contribution in [-0.2, 0) is 16.0 Å². The first-order valence-corrected chi connectivity index (χ1v) is 9.71. The number of carbonyl (C=O) groups is 2. The zero-order valence-corrected chi connectivity index (χ0v) is 15.0. The van der Waals surface area contributed by atoms with E-state index in [4.69, 9.17) is 0 Å². The third-order valence-corrected chi connectivity index (χ3v) is 6.71. The van der Waals surface area contributed by atoms with Crippen LogP contribution in [-0.4, -0.2) is 28.1 Å². The van der Waals surface area contributed by atoms with E-state index in [1.54, 1.807) is 12.1 Å². The smallest absolute Gasteiger partial charge is 0.326 e. The van der Waals surface area contributed by atoms with Gasteiger partial charge in [0, 0.05) is 12.8 Å². The van der Waals surface area contributed by atoms with E-state index in [0.29, 0.717) is 6.42 Å². The molecule has 4 aliphatic rings. The van der Waals surface area contributed by atoms with Crippen molar-refractivity contribution < 1.29 is 19.8 Å². The monoisotopic (exact) mass is 357 g/mol. The van der Waals surface area contributed by atoms with Crippen LogP contribution in [0.5, 0.6) is 5.75 Å². The molecule has 0 aromatic heterocycles. The number of hydrogen-bond acceptors (Lipinski definition) is 3. The maximum Gasteiger partial charge on any atom is 0.326 e. The number of benzene rings is 1. The van der Waals surface area contributed by atoms with E-state index in [2.05, 4.69) is 5.32 Å². The number of carboxylic acid groups (broad SMARTS) is 1. The lowest BCUT2D eigenvalue weighted by Crippen LogP contribution is -2.50. The summed E-state index contributed by atoms with van der Waals surface area (Å²) < 4.78 is 0. The molecule has 1 amide bonds. The molecule has 4 aliphatic carbocycles. The predicted molar refractivity (Wildman–Crippen MR) is 96.6 cm³/mol. The van der Waals surface area contributed by atoms with E-state index in [-0.39, 0.29) is 23.5 Å². The molecular formula is C21H27NO4. The van der Waals surface area contributed by atoms with Gasteiger partial charge in [0.1, 0.15) is 11.8 Å². The Balaban J connectivity index is 1.39. The number of nitrogens with one attached hydrogen (secondary N) is 1. The molecule has 0 radical (unpaired) electrons. The van der Waals surface area contributed by atoms with Crippen LogP contribution in [0.15, 0.2) is 24.3 Å². The van der Waals surface area contributed by atoms with Crippen molar-refractivity contribution in [3.63, 3.8) is 0 Å². The SMILES string of the molecule is O=C(CC12CC3CC(CC(C3)C1)C2)N[C@H](Cc1ccc(O)cc1)C(=O)O. The lowest BCUT2D eigenvalue weighted by Gasteiger charge is -2.56. The van der Waals surface area contributed by atoms with Crippen LogP contribution in [0.25, 0.3) is 0 Å². The molecule has 0 unspecified atom stereocenters. The molecule has 3 N–H and O–H groups in total. The number of aliphatic carboxylic acids is 1. The quantitative estimate of drug-likeness (QED) is 0.730. The van der Waals surface area contributed by atoms with Gasteiger partial charge in [-0.15, -0.1) is 0 Å². The maximum atomic E-state index is 12.7. The van der Waals surface area contributed by atoms with Crippen LogP contribution in [0.4, 0.5) is 0 Å². The Morgan fingerprint density at radius 3 is 2.08 bits per heavy atom. The van der Waals surface area contributed by atoms with Crippen molar-refractivity contribution in [3.05, 3.63) is 29.8 Å². The van der Waals surface area contributed by atoms with Crippen LogP contribution in [0, 0.1) is 23.2 Å². The van der Waals surface area contributed by atoms with Crippen LogP contribution >= 0.6 is 0 Å². The molecule has 1 aromatic carbocycles. The lowest BCUT2D eigenvalue weighted by atomic mass is 9.49. The Morgan fingerprint density at radius 2 is 1.58 bits per heavy atom. The van der Waals surface area contributed by atoms with Crippen molar-refractivity contribution in [1.29, 1.82) is 0 Å². The van der Waals surface area contributed by atoms with Gasteiger partial charge in [0.05, 0.1) is 0 Å². The van der Waals surface area contributed by atoms with Crippen molar-refractivity contribution in [1.82, 2.24) is 5.32 Å². The summed E-state index contributed by atoms with van der Waals surface area (Å²) in [7, 11) is 0. The predicted octanol–water partition coefficient (Wildman–Crippen LogP) is 3.11. The highest BCUT2D eigenvalue weighted by molar-refractivity contribution is 5.84. The van der Waals surface area contributed by atoms with Gasteiger partial charge in [0.15, 0.2) is 0 Å². The Bertz CT molecular complexity index is 661. The number of amides is 1. The number of hydrogen-bond donors (Lipinski definition) is 3. The zero-order chi connectivity index (χ0) is 18.3. The molecule has 0 saturated heterocycles. The fourth-order valence-electron chi connectivity index (χ4n) is 6.16. The highest BCUT2D eigenvalue weighted by atomic mass is 16.4. The first-order valence-electron chi connectivity index (χ1n) is 9.71. The lowest BCUT2D eigenvalue weighted by molar-refractivity contribution is -0.143. The molecule has 5 nitrogen and oxygen atoms in total. The number of carboxylic acids is 1. The number of aromatic hydroxyl groups is 1. The summed E-state index contributed by atoms with van der Waals surface area (Å²) in [5, 5.41) is 21.6. The van der Waals surface area contributed by atoms with Gasteiger partial charge in [0.2, 0.25) is 5.91 Å². The molecule has 4 bridgehead atoms. The molecular weight excluding hydrogens is 330 g/mol. The summed E-state index contributed by atoms with van der Waals surface area (Å²) in [5.41, 5.74) is 0.894. The van der Waals surface area contributed by atoms with Crippen LogP contribution in [0.3, 0.4) is 0 Å². The average molecular weight is 357 g/mol. The van der Waals surface area contributed by atoms with Crippen molar-refractivity contribution in [2.75, 3.05) is 0 Å². The molecule has 140 valence electrons. The summed E-state index contributed by atoms with van der Waals surface area (Å²) in [5.74, 6) is 1.34. The third kappa shape index (κ3) is 3.57. The number of rotatable bonds is 6. The molecule has 5 heteroatoms. The molecule has 0 aliphatic heterocycles. The highest BCUT2D eigenvalue weighted by Gasteiger charge is 2.51. The fraction of sp³-hybridized carbons (Fsp3) is 0.619. The molecule has 0 heterocycles. The van der Waals surface area contributed by atoms with Gasteiger partial charge in [-0.3, -0.25) is 4.79 Å². The van der Waals surface area contributed by atoms with Gasteiger partial charge in [0.25, 0.3) is 0 Å². The first kappa shape index (κ1) is 17.4. The number of carbonyl (C=O) groups excluding carboxylic acids is 1. The summed E-state index contributed by atoms with van der Waals surface area (Å²) in [6, 6.07) is 5.52. The van der Waals surface area contributed by atoms with Crippen LogP contribution < -0.4 is 5.32 Å². The second kappa shape index (κ2) is 6.60. The molecule has 1 aromatic rings. The number of phenolic OH excluding ortho intramolecular Hbond substituents is 1. The van der Waals surface area contributed by atoms with Gasteiger partial charge in [-0.05, 0) is 79.4 Å². The molecule has 5 rings (SSSR count). The second-order valence-corrected chi connectivity index (χ2v) is 8.92. The minimum absolute atomic E-state index is 0.112. The Kier molecular flexibility index (Phi) is 4.41. The summed E-state index contributed by atoms with van der Waals surface area (Å²) in [6.45, 7) is 0. The summed E-state index contributed by atoms with van der Waals surface area (Å²) in [6.07, 6.45) is 8.11. The van der Waals surface area contributed by atoms with Gasteiger partial charge < -0.3 is 15.5 Å². The van der Waals surface area contributed by atoms with Gasteiger partial charge >= 0.3 is 5.97 Å². The van der Waals surface area contributed by atoms with Gasteiger partial charge in [-0.1, -0.05) is 12.1 Å². The van der Waals surface area contributed by atoms with E-state index in [1.807, 2.05) is 0 Å². The van der Waals surface area contributed by atoms with E-state index < -0.39 is 12.0 Å². The van der Waals surface area contributed by atoms with E-state index >= 15 is 0 Å². The normalized spacial score (nSPS) is 33.0. The molecule has 4 saturated carbocycles. The van der Waals surface area contributed by atoms with Gasteiger partial charge in [-0.2, -0.15) is 0 Å². The Labute approximate surface area is 153 Å². The summed E-state index contributed by atoms with van der Waals surface area (Å²) in [4.78, 5) is 24.3. The van der Waals surface area contributed by atoms with Crippen molar-refractivity contribution in [2.45, 2.75) is 57.4 Å². The molecule has 0 spiro atoms. The fourth-order valence-corrected chi connectivity index (χ4v) is 6.16. The average Bonchev–Trinajstić information content (AvgIpc) is 2.54. The Morgan fingerprint density at radius 1 is 1.04 bits per heavy atom. The molecule has 4 fully saturated rings. The van der Waals surface area contributed by atoms with E-state index in [0.717, 1.165) is 42.6 Å².